The molecule has 0 atom stereocenters. The van der Waals surface area contributed by atoms with E-state index in [9.17, 15) is 13.2 Å². The molecule has 2 aromatic carbocycles. The summed E-state index contributed by atoms with van der Waals surface area (Å²) in [4.78, 5) is 12.7. The smallest absolute Gasteiger partial charge is 0.234 e. The third kappa shape index (κ3) is 5.86. The fourth-order valence-electron chi connectivity index (χ4n) is 3.03. The molecule has 168 valence electrons. The van der Waals surface area contributed by atoms with E-state index >= 15 is 0 Å². The van der Waals surface area contributed by atoms with Crippen molar-refractivity contribution in [3.63, 3.8) is 0 Å². The minimum atomic E-state index is -3.58. The van der Waals surface area contributed by atoms with Gasteiger partial charge in [0.2, 0.25) is 5.91 Å². The normalized spacial score (nSPS) is 11.3. The molecular formula is C23H26N4O3S2. The van der Waals surface area contributed by atoms with Gasteiger partial charge in [-0.1, -0.05) is 47.7 Å². The first-order valence-corrected chi connectivity index (χ1v) is 12.7. The Morgan fingerprint density at radius 2 is 1.78 bits per heavy atom. The van der Waals surface area contributed by atoms with Crippen LogP contribution in [-0.4, -0.2) is 34.8 Å². The molecule has 0 saturated carbocycles. The highest BCUT2D eigenvalue weighted by atomic mass is 32.2. The lowest BCUT2D eigenvalue weighted by atomic mass is 10.1. The molecule has 1 N–H and O–H groups in total. The Kier molecular flexibility index (Phi) is 7.52. The number of carbonyl (C=O) groups excluding carboxylic acids is 1. The standard InChI is InChI=1S/C23H26N4O3S2/c1-5-12-27-21(15-32(29,30)19-10-7-16(2)8-11-19)25-26-23(27)31-14-22(28)24-20-13-17(3)6-9-18(20)4/h5-11,13H,1,12,14-15H2,2-4H3,(H,24,28). The predicted molar refractivity (Wildman–Crippen MR) is 128 cm³/mol. The Labute approximate surface area is 192 Å². The predicted octanol–water partition coefficient (Wildman–Crippen LogP) is 4.09. The molecule has 1 aromatic heterocycles. The molecule has 3 rings (SSSR count). The minimum absolute atomic E-state index is 0.118. The molecule has 1 amide bonds. The number of carbonyl (C=O) groups is 1. The summed E-state index contributed by atoms with van der Waals surface area (Å²) in [6, 6.07) is 12.6. The summed E-state index contributed by atoms with van der Waals surface area (Å²) in [6.45, 7) is 9.88. The van der Waals surface area contributed by atoms with Crippen LogP contribution in [0.2, 0.25) is 0 Å². The Morgan fingerprint density at radius 3 is 2.47 bits per heavy atom. The Morgan fingerprint density at radius 1 is 1.09 bits per heavy atom. The monoisotopic (exact) mass is 470 g/mol. The van der Waals surface area contributed by atoms with E-state index in [1.165, 1.54) is 11.8 Å². The number of amides is 1. The van der Waals surface area contributed by atoms with E-state index in [2.05, 4.69) is 22.1 Å². The number of benzene rings is 2. The van der Waals surface area contributed by atoms with Gasteiger partial charge in [-0.25, -0.2) is 8.42 Å². The molecular weight excluding hydrogens is 444 g/mol. The van der Waals surface area contributed by atoms with Gasteiger partial charge in [-0.2, -0.15) is 0 Å². The molecule has 0 radical (unpaired) electrons. The fourth-order valence-corrected chi connectivity index (χ4v) is 5.07. The summed E-state index contributed by atoms with van der Waals surface area (Å²) in [5, 5.41) is 11.6. The topological polar surface area (TPSA) is 93.9 Å². The number of aryl methyl sites for hydroxylation is 3. The maximum Gasteiger partial charge on any atom is 0.234 e. The first-order valence-electron chi connectivity index (χ1n) is 10.0. The SMILES string of the molecule is C=CCn1c(CS(=O)(=O)c2ccc(C)cc2)nnc1SCC(=O)Nc1cc(C)ccc1C. The number of hydrogen-bond acceptors (Lipinski definition) is 6. The van der Waals surface area contributed by atoms with Crippen LogP contribution in [0.4, 0.5) is 5.69 Å². The molecule has 3 aromatic rings. The van der Waals surface area contributed by atoms with Crippen molar-refractivity contribution in [2.45, 2.75) is 43.1 Å². The summed E-state index contributed by atoms with van der Waals surface area (Å²) in [7, 11) is -3.58. The van der Waals surface area contributed by atoms with Crippen molar-refractivity contribution < 1.29 is 13.2 Å². The quantitative estimate of drug-likeness (QED) is 0.374. The average Bonchev–Trinajstić information content (AvgIpc) is 3.10. The van der Waals surface area contributed by atoms with Crippen LogP contribution in [0.15, 0.2) is 65.2 Å². The molecule has 9 heteroatoms. The van der Waals surface area contributed by atoms with Crippen LogP contribution >= 0.6 is 11.8 Å². The van der Waals surface area contributed by atoms with E-state index in [1.54, 1.807) is 34.9 Å². The molecule has 0 spiro atoms. The number of sulfone groups is 1. The van der Waals surface area contributed by atoms with Crippen LogP contribution in [0.1, 0.15) is 22.5 Å². The van der Waals surface area contributed by atoms with E-state index in [4.69, 9.17) is 0 Å². The van der Waals surface area contributed by atoms with Gasteiger partial charge in [0.05, 0.1) is 10.6 Å². The molecule has 1 heterocycles. The number of thioether (sulfide) groups is 1. The fraction of sp³-hybridized carbons (Fsp3) is 0.261. The molecule has 0 fully saturated rings. The van der Waals surface area contributed by atoms with Gasteiger partial charge < -0.3 is 9.88 Å². The molecule has 0 bridgehead atoms. The zero-order valence-electron chi connectivity index (χ0n) is 18.3. The Hall–Kier alpha value is -2.91. The second kappa shape index (κ2) is 10.1. The van der Waals surface area contributed by atoms with Crippen molar-refractivity contribution in [1.82, 2.24) is 14.8 Å². The van der Waals surface area contributed by atoms with Crippen molar-refractivity contribution in [1.29, 1.82) is 0 Å². The molecule has 7 nitrogen and oxygen atoms in total. The van der Waals surface area contributed by atoms with Gasteiger partial charge in [0.25, 0.3) is 0 Å². The summed E-state index contributed by atoms with van der Waals surface area (Å²) in [6.07, 6.45) is 1.64. The lowest BCUT2D eigenvalue weighted by molar-refractivity contribution is -0.113. The Balaban J connectivity index is 1.73. The van der Waals surface area contributed by atoms with Gasteiger partial charge in [-0.3, -0.25) is 4.79 Å². The van der Waals surface area contributed by atoms with Crippen molar-refractivity contribution in [2.24, 2.45) is 0 Å². The summed E-state index contributed by atoms with van der Waals surface area (Å²) >= 11 is 1.20. The molecule has 0 aliphatic carbocycles. The Bertz CT molecular complexity index is 1230. The maximum atomic E-state index is 12.8. The van der Waals surface area contributed by atoms with Gasteiger partial charge in [0.1, 0.15) is 11.6 Å². The third-order valence-electron chi connectivity index (χ3n) is 4.80. The van der Waals surface area contributed by atoms with Crippen LogP contribution in [0.25, 0.3) is 0 Å². The first kappa shape index (κ1) is 23.7. The van der Waals surface area contributed by atoms with Gasteiger partial charge in [0.15, 0.2) is 15.0 Å². The van der Waals surface area contributed by atoms with Crippen molar-refractivity contribution >= 4 is 33.2 Å². The highest BCUT2D eigenvalue weighted by molar-refractivity contribution is 7.99. The lowest BCUT2D eigenvalue weighted by Gasteiger charge is -2.10. The number of rotatable bonds is 9. The molecule has 0 saturated heterocycles. The number of aromatic nitrogens is 3. The maximum absolute atomic E-state index is 12.8. The summed E-state index contributed by atoms with van der Waals surface area (Å²) < 4.78 is 27.3. The van der Waals surface area contributed by atoms with Crippen LogP contribution in [0.5, 0.6) is 0 Å². The average molecular weight is 471 g/mol. The van der Waals surface area contributed by atoms with Crippen LogP contribution < -0.4 is 5.32 Å². The van der Waals surface area contributed by atoms with Crippen LogP contribution in [0.3, 0.4) is 0 Å². The number of nitrogens with zero attached hydrogens (tertiary/aromatic N) is 3. The van der Waals surface area contributed by atoms with Gasteiger partial charge in [-0.15, -0.1) is 16.8 Å². The van der Waals surface area contributed by atoms with Crippen molar-refractivity contribution in [3.8, 4) is 0 Å². The van der Waals surface area contributed by atoms with E-state index in [-0.39, 0.29) is 22.3 Å². The zero-order valence-corrected chi connectivity index (χ0v) is 20.0. The third-order valence-corrected chi connectivity index (χ3v) is 7.40. The van der Waals surface area contributed by atoms with E-state index in [0.717, 1.165) is 22.4 Å². The molecule has 0 unspecified atom stereocenters. The van der Waals surface area contributed by atoms with Gasteiger partial charge >= 0.3 is 0 Å². The van der Waals surface area contributed by atoms with Crippen molar-refractivity contribution in [3.05, 3.63) is 77.6 Å². The number of anilines is 1. The lowest BCUT2D eigenvalue weighted by Crippen LogP contribution is -2.16. The number of hydrogen-bond donors (Lipinski definition) is 1. The second-order valence-electron chi connectivity index (χ2n) is 7.53. The van der Waals surface area contributed by atoms with Gasteiger partial charge in [0, 0.05) is 12.2 Å². The van der Waals surface area contributed by atoms with E-state index < -0.39 is 9.84 Å². The molecule has 0 aliphatic rings. The minimum Gasteiger partial charge on any atom is -0.325 e. The van der Waals surface area contributed by atoms with Crippen molar-refractivity contribution in [2.75, 3.05) is 11.1 Å². The molecule has 0 aliphatic heterocycles. The van der Waals surface area contributed by atoms with Crippen LogP contribution in [0, 0.1) is 20.8 Å². The highest BCUT2D eigenvalue weighted by Gasteiger charge is 2.21. The summed E-state index contributed by atoms with van der Waals surface area (Å²) in [5.74, 6) is -0.0342. The largest absolute Gasteiger partial charge is 0.325 e. The van der Waals surface area contributed by atoms with E-state index in [1.807, 2.05) is 39.0 Å². The summed E-state index contributed by atoms with van der Waals surface area (Å²) in [5.41, 5.74) is 3.79. The first-order chi connectivity index (χ1) is 15.2. The number of allylic oxidation sites excluding steroid dienone is 1. The van der Waals surface area contributed by atoms with Crippen LogP contribution in [-0.2, 0) is 26.9 Å². The second-order valence-corrected chi connectivity index (χ2v) is 10.5. The number of nitrogens with one attached hydrogen (secondary N) is 1. The zero-order chi connectivity index (χ0) is 23.3. The highest BCUT2D eigenvalue weighted by Crippen LogP contribution is 2.22. The van der Waals surface area contributed by atoms with Gasteiger partial charge in [-0.05, 0) is 50.1 Å². The molecule has 32 heavy (non-hydrogen) atoms. The van der Waals surface area contributed by atoms with E-state index in [0.29, 0.717) is 17.5 Å².